The Morgan fingerprint density at radius 3 is 2.33 bits per heavy atom. The van der Waals surface area contributed by atoms with Gasteiger partial charge in [-0.3, -0.25) is 4.79 Å². The number of benzene rings is 2. The van der Waals surface area contributed by atoms with Gasteiger partial charge in [0.15, 0.2) is 11.5 Å². The Hall–Kier alpha value is -2.87. The van der Waals surface area contributed by atoms with E-state index in [4.69, 9.17) is 8.92 Å². The number of rotatable bonds is 8. The SMILES string of the molecule is COc1cc(/C=N/NC(=O)CC23CC4CC(CC(C4)C2)C3)ccc1OS(=O)(=O)c1cc(C)ccc1C. The van der Waals surface area contributed by atoms with Crippen molar-refractivity contribution in [2.24, 2.45) is 28.3 Å². The molecule has 1 amide bonds. The van der Waals surface area contributed by atoms with E-state index in [0.717, 1.165) is 23.3 Å². The largest absolute Gasteiger partial charge is 0.493 e. The third-order valence-electron chi connectivity index (χ3n) is 8.10. The summed E-state index contributed by atoms with van der Waals surface area (Å²) in [6.07, 6.45) is 9.67. The number of amides is 1. The maximum Gasteiger partial charge on any atom is 0.339 e. The molecule has 7 nitrogen and oxygen atoms in total. The molecule has 36 heavy (non-hydrogen) atoms. The molecule has 0 aliphatic heterocycles. The fourth-order valence-corrected chi connectivity index (χ4v) is 8.29. The molecular formula is C28H34N2O5S. The van der Waals surface area contributed by atoms with E-state index in [2.05, 4.69) is 10.5 Å². The van der Waals surface area contributed by atoms with Crippen molar-refractivity contribution in [3.05, 3.63) is 53.1 Å². The molecule has 0 aromatic heterocycles. The third-order valence-corrected chi connectivity index (χ3v) is 9.48. The van der Waals surface area contributed by atoms with E-state index in [9.17, 15) is 13.2 Å². The highest BCUT2D eigenvalue weighted by molar-refractivity contribution is 7.87. The van der Waals surface area contributed by atoms with Crippen LogP contribution in [0.2, 0.25) is 0 Å². The summed E-state index contributed by atoms with van der Waals surface area (Å²) in [6, 6.07) is 10.0. The molecule has 0 atom stereocenters. The second-order valence-corrected chi connectivity index (χ2v) is 12.6. The van der Waals surface area contributed by atoms with Crippen molar-refractivity contribution in [1.82, 2.24) is 5.43 Å². The van der Waals surface area contributed by atoms with Crippen LogP contribution in [0.3, 0.4) is 0 Å². The van der Waals surface area contributed by atoms with Crippen molar-refractivity contribution in [2.45, 2.75) is 63.7 Å². The van der Waals surface area contributed by atoms with E-state index < -0.39 is 10.1 Å². The molecule has 192 valence electrons. The van der Waals surface area contributed by atoms with E-state index in [-0.39, 0.29) is 27.7 Å². The Labute approximate surface area is 213 Å². The molecule has 0 spiro atoms. The lowest BCUT2D eigenvalue weighted by Gasteiger charge is -2.56. The Kier molecular flexibility index (Phi) is 6.57. The molecule has 2 aromatic rings. The Morgan fingerprint density at radius 2 is 1.69 bits per heavy atom. The minimum absolute atomic E-state index is 0.0419. The first-order valence-corrected chi connectivity index (χ1v) is 14.1. The molecule has 2 aromatic carbocycles. The van der Waals surface area contributed by atoms with Gasteiger partial charge in [-0.1, -0.05) is 12.1 Å². The molecule has 4 aliphatic rings. The minimum Gasteiger partial charge on any atom is -0.493 e. The minimum atomic E-state index is -4.03. The molecule has 4 fully saturated rings. The zero-order chi connectivity index (χ0) is 25.5. The van der Waals surface area contributed by atoms with Crippen LogP contribution < -0.4 is 14.3 Å². The van der Waals surface area contributed by atoms with E-state index in [1.165, 1.54) is 57.9 Å². The van der Waals surface area contributed by atoms with Crippen molar-refractivity contribution in [1.29, 1.82) is 0 Å². The maximum absolute atomic E-state index is 12.9. The van der Waals surface area contributed by atoms with Crippen LogP contribution in [0, 0.1) is 37.0 Å². The Morgan fingerprint density at radius 1 is 1.03 bits per heavy atom. The van der Waals surface area contributed by atoms with Crippen LogP contribution in [0.15, 0.2) is 46.4 Å². The van der Waals surface area contributed by atoms with E-state index >= 15 is 0 Å². The Balaban J connectivity index is 1.23. The molecule has 0 unspecified atom stereocenters. The molecule has 0 radical (unpaired) electrons. The van der Waals surface area contributed by atoms with Gasteiger partial charge in [-0.05, 0) is 116 Å². The molecule has 6 rings (SSSR count). The lowest BCUT2D eigenvalue weighted by molar-refractivity contribution is -0.129. The fourth-order valence-electron chi connectivity index (χ4n) is 7.04. The quantitative estimate of drug-likeness (QED) is 0.302. The van der Waals surface area contributed by atoms with E-state index in [1.54, 1.807) is 31.2 Å². The number of methoxy groups -OCH3 is 1. The zero-order valence-electron chi connectivity index (χ0n) is 21.1. The van der Waals surface area contributed by atoms with Gasteiger partial charge in [-0.25, -0.2) is 5.43 Å². The van der Waals surface area contributed by atoms with Gasteiger partial charge in [0.1, 0.15) is 4.90 Å². The molecule has 1 N–H and O–H groups in total. The van der Waals surface area contributed by atoms with Crippen LogP contribution in [0.5, 0.6) is 11.5 Å². The number of carbonyl (C=O) groups is 1. The number of carbonyl (C=O) groups excluding carboxylic acids is 1. The standard InChI is InChI=1S/C28H34N2O5S/c1-18-4-5-19(2)26(8-18)36(32,33)35-24-7-6-20(12-25(24)34-3)17-29-30-27(31)16-28-13-21-9-22(14-28)11-23(10-21)15-28/h4-8,12,17,21-23H,9-11,13-16H2,1-3H3,(H,30,31)/b29-17+. The summed E-state index contributed by atoms with van der Waals surface area (Å²) in [4.78, 5) is 12.8. The van der Waals surface area contributed by atoms with E-state index in [1.807, 2.05) is 13.0 Å². The first-order chi connectivity index (χ1) is 17.1. The first-order valence-electron chi connectivity index (χ1n) is 12.7. The van der Waals surface area contributed by atoms with Gasteiger partial charge in [0, 0.05) is 6.42 Å². The normalized spacial score (nSPS) is 26.8. The van der Waals surface area contributed by atoms with Crippen LogP contribution in [0.1, 0.15) is 61.6 Å². The van der Waals surface area contributed by atoms with Crippen LogP contribution in [-0.4, -0.2) is 27.6 Å². The summed E-state index contributed by atoms with van der Waals surface area (Å²) >= 11 is 0. The maximum atomic E-state index is 12.9. The van der Waals surface area contributed by atoms with Crippen molar-refractivity contribution >= 4 is 22.2 Å². The van der Waals surface area contributed by atoms with Gasteiger partial charge in [0.2, 0.25) is 5.91 Å². The van der Waals surface area contributed by atoms with Crippen LogP contribution in [0.4, 0.5) is 0 Å². The lowest BCUT2D eigenvalue weighted by atomic mass is 9.49. The van der Waals surface area contributed by atoms with E-state index in [0.29, 0.717) is 17.5 Å². The average Bonchev–Trinajstić information content (AvgIpc) is 2.80. The highest BCUT2D eigenvalue weighted by Gasteiger charge is 2.51. The molecular weight excluding hydrogens is 476 g/mol. The molecule has 0 heterocycles. The summed E-state index contributed by atoms with van der Waals surface area (Å²) in [5.41, 5.74) is 4.94. The summed E-state index contributed by atoms with van der Waals surface area (Å²) in [5.74, 6) is 2.71. The second-order valence-electron chi connectivity index (χ2n) is 11.1. The Bertz CT molecular complexity index is 1270. The fraction of sp³-hybridized carbons (Fsp3) is 0.500. The average molecular weight is 511 g/mol. The third kappa shape index (κ3) is 5.14. The monoisotopic (exact) mass is 510 g/mol. The molecule has 4 saturated carbocycles. The molecule has 0 saturated heterocycles. The zero-order valence-corrected chi connectivity index (χ0v) is 21.9. The predicted molar refractivity (Wildman–Crippen MR) is 138 cm³/mol. The highest BCUT2D eigenvalue weighted by atomic mass is 32.2. The smallest absolute Gasteiger partial charge is 0.339 e. The van der Waals surface area contributed by atoms with Crippen molar-refractivity contribution in [3.8, 4) is 11.5 Å². The second kappa shape index (κ2) is 9.54. The summed E-state index contributed by atoms with van der Waals surface area (Å²) in [5, 5.41) is 4.15. The van der Waals surface area contributed by atoms with Gasteiger partial charge in [0.05, 0.1) is 13.3 Å². The number of hydrazone groups is 1. The van der Waals surface area contributed by atoms with Crippen molar-refractivity contribution in [2.75, 3.05) is 7.11 Å². The number of nitrogens with one attached hydrogen (secondary N) is 1. The van der Waals surface area contributed by atoms with Gasteiger partial charge in [-0.2, -0.15) is 13.5 Å². The summed E-state index contributed by atoms with van der Waals surface area (Å²) in [7, 11) is -2.59. The van der Waals surface area contributed by atoms with Crippen molar-refractivity contribution < 1.29 is 22.1 Å². The first kappa shape index (κ1) is 24.8. The van der Waals surface area contributed by atoms with Gasteiger partial charge in [-0.15, -0.1) is 0 Å². The van der Waals surface area contributed by atoms with Gasteiger partial charge >= 0.3 is 10.1 Å². The number of aryl methyl sites for hydroxylation is 2. The number of hydrogen-bond donors (Lipinski definition) is 1. The van der Waals surface area contributed by atoms with Crippen LogP contribution in [0.25, 0.3) is 0 Å². The van der Waals surface area contributed by atoms with Crippen LogP contribution in [-0.2, 0) is 14.9 Å². The predicted octanol–water partition coefficient (Wildman–Crippen LogP) is 5.14. The van der Waals surface area contributed by atoms with Gasteiger partial charge < -0.3 is 8.92 Å². The lowest BCUT2D eigenvalue weighted by Crippen LogP contribution is -2.47. The molecule has 4 aliphatic carbocycles. The highest BCUT2D eigenvalue weighted by Crippen LogP contribution is 2.61. The molecule has 8 heteroatoms. The van der Waals surface area contributed by atoms with Crippen LogP contribution >= 0.6 is 0 Å². The van der Waals surface area contributed by atoms with Crippen molar-refractivity contribution in [3.63, 3.8) is 0 Å². The van der Waals surface area contributed by atoms with Gasteiger partial charge in [0.25, 0.3) is 0 Å². The topological polar surface area (TPSA) is 94.1 Å². The summed E-state index contributed by atoms with van der Waals surface area (Å²) in [6.45, 7) is 3.55. The molecule has 4 bridgehead atoms. The number of ether oxygens (including phenoxy) is 1. The summed E-state index contributed by atoms with van der Waals surface area (Å²) < 4.78 is 36.5. The number of nitrogens with zero attached hydrogens (tertiary/aromatic N) is 1. The number of hydrogen-bond acceptors (Lipinski definition) is 6.